The third-order valence-corrected chi connectivity index (χ3v) is 5.60. The van der Waals surface area contributed by atoms with Gasteiger partial charge in [-0.15, -0.1) is 0 Å². The minimum absolute atomic E-state index is 0.0134. The number of sulfonamides is 1. The number of ether oxygens (including phenoxy) is 1. The Morgan fingerprint density at radius 1 is 1.38 bits per heavy atom. The molecule has 2 bridgehead atoms. The smallest absolute Gasteiger partial charge is 0.305 e. The summed E-state index contributed by atoms with van der Waals surface area (Å²) in [6.45, 7) is 0.900. The first kappa shape index (κ1) is 14.5. The number of aryl methyl sites for hydroxylation is 1. The predicted octanol–water partition coefficient (Wildman–Crippen LogP) is -0.0903. The highest BCUT2D eigenvalue weighted by molar-refractivity contribution is 7.89. The monoisotopic (exact) mass is 315 g/mol. The van der Waals surface area contributed by atoms with Crippen molar-refractivity contribution in [3.8, 4) is 0 Å². The molecule has 2 unspecified atom stereocenters. The van der Waals surface area contributed by atoms with Gasteiger partial charge in [-0.3, -0.25) is 9.48 Å². The molecule has 0 spiro atoms. The third kappa shape index (κ3) is 2.94. The molecule has 9 heteroatoms. The van der Waals surface area contributed by atoms with Gasteiger partial charge >= 0.3 is 5.97 Å². The highest BCUT2D eigenvalue weighted by Crippen LogP contribution is 2.29. The second kappa shape index (κ2) is 5.39. The molecular weight excluding hydrogens is 298 g/mol. The molecule has 21 heavy (non-hydrogen) atoms. The summed E-state index contributed by atoms with van der Waals surface area (Å²) < 4.78 is 33.5. The standard InChI is InChI=1S/C12H17N3O5S/c16-12(17)3-4-14-8-11(5-13-14)21(18,19)15-6-9-1-2-10(7-15)20-9/h5,8-10H,1-4,6-7H2,(H,16,17). The molecule has 0 saturated carbocycles. The predicted molar refractivity (Wildman–Crippen MR) is 71.1 cm³/mol. The van der Waals surface area contributed by atoms with Crippen LogP contribution in [0, 0.1) is 0 Å². The summed E-state index contributed by atoms with van der Waals surface area (Å²) in [4.78, 5) is 10.6. The topological polar surface area (TPSA) is 102 Å². The number of rotatable bonds is 5. The van der Waals surface area contributed by atoms with Crippen LogP contribution in [0.25, 0.3) is 0 Å². The van der Waals surface area contributed by atoms with E-state index in [9.17, 15) is 13.2 Å². The maximum atomic E-state index is 12.6. The summed E-state index contributed by atoms with van der Waals surface area (Å²) in [5.74, 6) is -0.945. The summed E-state index contributed by atoms with van der Waals surface area (Å²) in [5, 5.41) is 12.5. The van der Waals surface area contributed by atoms with Crippen LogP contribution in [0.3, 0.4) is 0 Å². The molecule has 1 aromatic rings. The van der Waals surface area contributed by atoms with Crippen LogP contribution in [0.5, 0.6) is 0 Å². The van der Waals surface area contributed by atoms with Crippen LogP contribution in [-0.2, 0) is 26.1 Å². The lowest BCUT2D eigenvalue weighted by Gasteiger charge is -2.30. The van der Waals surface area contributed by atoms with Gasteiger partial charge in [0.05, 0.1) is 31.4 Å². The van der Waals surface area contributed by atoms with Gasteiger partial charge in [0.2, 0.25) is 10.0 Å². The van der Waals surface area contributed by atoms with Gasteiger partial charge in [-0.25, -0.2) is 8.42 Å². The lowest BCUT2D eigenvalue weighted by molar-refractivity contribution is -0.137. The van der Waals surface area contributed by atoms with Crippen LogP contribution in [0.2, 0.25) is 0 Å². The van der Waals surface area contributed by atoms with E-state index in [-0.39, 0.29) is 30.1 Å². The van der Waals surface area contributed by atoms with Crippen molar-refractivity contribution in [3.05, 3.63) is 12.4 Å². The molecule has 0 amide bonds. The second-order valence-electron chi connectivity index (χ2n) is 5.36. The number of morpholine rings is 1. The third-order valence-electron chi connectivity index (χ3n) is 3.81. The number of hydrogen-bond donors (Lipinski definition) is 1. The molecule has 0 aromatic carbocycles. The molecule has 0 radical (unpaired) electrons. The Kier molecular flexibility index (Phi) is 3.72. The maximum Gasteiger partial charge on any atom is 0.305 e. The summed E-state index contributed by atoms with van der Waals surface area (Å²) in [6.07, 6.45) is 4.33. The zero-order valence-electron chi connectivity index (χ0n) is 11.4. The number of carboxylic acids is 1. The molecular formula is C12H17N3O5S. The first-order chi connectivity index (χ1) is 9.95. The van der Waals surface area contributed by atoms with Crippen molar-refractivity contribution in [2.75, 3.05) is 13.1 Å². The highest BCUT2D eigenvalue weighted by atomic mass is 32.2. The first-order valence-corrected chi connectivity index (χ1v) is 8.29. The van der Waals surface area contributed by atoms with Crippen LogP contribution in [0.1, 0.15) is 19.3 Å². The fraction of sp³-hybridized carbons (Fsp3) is 0.667. The van der Waals surface area contributed by atoms with E-state index >= 15 is 0 Å². The van der Waals surface area contributed by atoms with Crippen molar-refractivity contribution in [1.29, 1.82) is 0 Å². The average Bonchev–Trinajstić information content (AvgIpc) is 3.03. The lowest BCUT2D eigenvalue weighted by atomic mass is 10.2. The van der Waals surface area contributed by atoms with Gasteiger partial charge < -0.3 is 9.84 Å². The van der Waals surface area contributed by atoms with E-state index in [2.05, 4.69) is 5.10 Å². The quantitative estimate of drug-likeness (QED) is 0.815. The van der Waals surface area contributed by atoms with Crippen molar-refractivity contribution < 1.29 is 23.1 Å². The van der Waals surface area contributed by atoms with E-state index in [1.807, 2.05) is 0 Å². The number of fused-ring (bicyclic) bond motifs is 2. The Balaban J connectivity index is 1.74. The average molecular weight is 315 g/mol. The molecule has 8 nitrogen and oxygen atoms in total. The molecule has 1 N–H and O–H groups in total. The van der Waals surface area contributed by atoms with Crippen LogP contribution >= 0.6 is 0 Å². The molecule has 3 heterocycles. The molecule has 1 aromatic heterocycles. The van der Waals surface area contributed by atoms with Crippen LogP contribution in [0.15, 0.2) is 17.3 Å². The van der Waals surface area contributed by atoms with Crippen LogP contribution < -0.4 is 0 Å². The van der Waals surface area contributed by atoms with E-state index in [0.29, 0.717) is 13.1 Å². The Labute approximate surface area is 122 Å². The van der Waals surface area contributed by atoms with Crippen LogP contribution in [0.4, 0.5) is 0 Å². The Bertz CT molecular complexity index is 629. The van der Waals surface area contributed by atoms with Gasteiger partial charge in [-0.05, 0) is 12.8 Å². The van der Waals surface area contributed by atoms with Crippen molar-refractivity contribution in [2.45, 2.75) is 42.9 Å². The minimum Gasteiger partial charge on any atom is -0.481 e. The van der Waals surface area contributed by atoms with Gasteiger partial charge in [0.15, 0.2) is 0 Å². The normalized spacial score (nSPS) is 26.1. The molecule has 116 valence electrons. The molecule has 2 fully saturated rings. The number of carboxylic acid groups (broad SMARTS) is 1. The van der Waals surface area contributed by atoms with Gasteiger partial charge in [-0.2, -0.15) is 9.40 Å². The van der Waals surface area contributed by atoms with Gasteiger partial charge in [-0.1, -0.05) is 0 Å². The maximum absolute atomic E-state index is 12.6. The van der Waals surface area contributed by atoms with Gasteiger partial charge in [0.25, 0.3) is 0 Å². The van der Waals surface area contributed by atoms with Crippen molar-refractivity contribution in [1.82, 2.24) is 14.1 Å². The van der Waals surface area contributed by atoms with Gasteiger partial charge in [0, 0.05) is 19.3 Å². The lowest BCUT2D eigenvalue weighted by Crippen LogP contribution is -2.45. The second-order valence-corrected chi connectivity index (χ2v) is 7.30. The van der Waals surface area contributed by atoms with Crippen molar-refractivity contribution in [3.63, 3.8) is 0 Å². The van der Waals surface area contributed by atoms with E-state index in [0.717, 1.165) is 12.8 Å². The first-order valence-electron chi connectivity index (χ1n) is 6.85. The van der Waals surface area contributed by atoms with E-state index in [1.165, 1.54) is 21.4 Å². The summed E-state index contributed by atoms with van der Waals surface area (Å²) in [6, 6.07) is 0. The summed E-state index contributed by atoms with van der Waals surface area (Å²) in [5.41, 5.74) is 0. The number of nitrogens with zero attached hydrogens (tertiary/aromatic N) is 3. The zero-order valence-corrected chi connectivity index (χ0v) is 12.2. The molecule has 0 aliphatic carbocycles. The number of aliphatic carboxylic acids is 1. The van der Waals surface area contributed by atoms with Crippen LogP contribution in [-0.4, -0.2) is 58.9 Å². The number of hydrogen-bond acceptors (Lipinski definition) is 5. The Morgan fingerprint density at radius 3 is 2.67 bits per heavy atom. The van der Waals surface area contributed by atoms with Crippen molar-refractivity contribution >= 4 is 16.0 Å². The molecule has 2 aliphatic rings. The zero-order chi connectivity index (χ0) is 15.0. The largest absolute Gasteiger partial charge is 0.481 e. The van der Waals surface area contributed by atoms with E-state index in [1.54, 1.807) is 0 Å². The highest BCUT2D eigenvalue weighted by Gasteiger charge is 2.39. The van der Waals surface area contributed by atoms with Gasteiger partial charge in [0.1, 0.15) is 4.90 Å². The molecule has 2 atom stereocenters. The minimum atomic E-state index is -3.58. The summed E-state index contributed by atoms with van der Waals surface area (Å²) >= 11 is 0. The Morgan fingerprint density at radius 2 is 2.05 bits per heavy atom. The van der Waals surface area contributed by atoms with Crippen molar-refractivity contribution in [2.24, 2.45) is 0 Å². The molecule has 2 saturated heterocycles. The number of carbonyl (C=O) groups is 1. The molecule has 3 rings (SSSR count). The van der Waals surface area contributed by atoms with E-state index in [4.69, 9.17) is 9.84 Å². The SMILES string of the molecule is O=C(O)CCn1cc(S(=O)(=O)N2CC3CCC(C2)O3)cn1. The fourth-order valence-electron chi connectivity index (χ4n) is 2.73. The fourth-order valence-corrected chi connectivity index (χ4v) is 4.19. The number of aromatic nitrogens is 2. The summed E-state index contributed by atoms with van der Waals surface area (Å²) in [7, 11) is -3.58. The van der Waals surface area contributed by atoms with E-state index < -0.39 is 16.0 Å². The Hall–Kier alpha value is -1.45. The molecule has 2 aliphatic heterocycles.